The van der Waals surface area contributed by atoms with Gasteiger partial charge in [0.1, 0.15) is 5.60 Å². The predicted octanol–water partition coefficient (Wildman–Crippen LogP) is 4.00. The first-order valence-corrected chi connectivity index (χ1v) is 9.82. The quantitative estimate of drug-likeness (QED) is 0.733. The molecule has 2 fully saturated rings. The van der Waals surface area contributed by atoms with Crippen molar-refractivity contribution in [2.45, 2.75) is 71.8 Å². The standard InChI is InChI=1S/C22H30O3/c1-13-11-16-17(20(3)8-5-15(24)12-19(13)20)6-9-21(4)18(16)7-10-22(21,25)14(2)23/h6,12-13,16,18,25H,5,7-11H2,1-4H3/t13-,16?,18?,20?,21?,22-/m0/s1. The second-order valence-corrected chi connectivity index (χ2v) is 9.48. The maximum atomic E-state index is 12.3. The molecular formula is C22H30O3. The monoisotopic (exact) mass is 342 g/mol. The number of hydrogen-bond acceptors (Lipinski definition) is 3. The van der Waals surface area contributed by atoms with Gasteiger partial charge in [-0.2, -0.15) is 0 Å². The maximum absolute atomic E-state index is 12.3. The van der Waals surface area contributed by atoms with Crippen molar-refractivity contribution >= 4 is 11.6 Å². The molecule has 3 nitrogen and oxygen atoms in total. The molecule has 1 N–H and O–H groups in total. The molecule has 0 heterocycles. The molecule has 0 amide bonds. The Labute approximate surface area is 150 Å². The van der Waals surface area contributed by atoms with Crippen LogP contribution in [0.5, 0.6) is 0 Å². The highest BCUT2D eigenvalue weighted by Crippen LogP contribution is 2.66. The molecular weight excluding hydrogens is 312 g/mol. The Morgan fingerprint density at radius 3 is 2.64 bits per heavy atom. The minimum absolute atomic E-state index is 0.00545. The second-order valence-electron chi connectivity index (χ2n) is 9.48. The van der Waals surface area contributed by atoms with Crippen molar-refractivity contribution < 1.29 is 14.7 Å². The Kier molecular flexibility index (Phi) is 3.55. The van der Waals surface area contributed by atoms with Crippen molar-refractivity contribution in [2.75, 3.05) is 0 Å². The molecule has 0 aliphatic heterocycles. The van der Waals surface area contributed by atoms with Gasteiger partial charge in [-0.05, 0) is 62.9 Å². The summed E-state index contributed by atoms with van der Waals surface area (Å²) >= 11 is 0. The Hall–Kier alpha value is -1.22. The highest BCUT2D eigenvalue weighted by molar-refractivity contribution is 5.92. The number of hydrogen-bond donors (Lipinski definition) is 1. The third-order valence-electron chi connectivity index (χ3n) is 8.39. The molecule has 3 heteroatoms. The van der Waals surface area contributed by atoms with Gasteiger partial charge in [0.15, 0.2) is 11.6 Å². The largest absolute Gasteiger partial charge is 0.381 e. The van der Waals surface area contributed by atoms with Crippen LogP contribution < -0.4 is 0 Å². The van der Waals surface area contributed by atoms with Crippen LogP contribution in [0, 0.1) is 28.6 Å². The first-order valence-electron chi connectivity index (χ1n) is 9.82. The zero-order chi connectivity index (χ0) is 18.2. The van der Waals surface area contributed by atoms with Crippen LogP contribution in [0.1, 0.15) is 66.2 Å². The van der Waals surface area contributed by atoms with Crippen LogP contribution in [-0.4, -0.2) is 22.3 Å². The molecule has 0 aromatic heterocycles. The van der Waals surface area contributed by atoms with Gasteiger partial charge in [-0.25, -0.2) is 0 Å². The lowest BCUT2D eigenvalue weighted by Crippen LogP contribution is -2.54. The third-order valence-corrected chi connectivity index (χ3v) is 8.39. The fourth-order valence-electron chi connectivity index (χ4n) is 6.86. The summed E-state index contributed by atoms with van der Waals surface area (Å²) in [5.74, 6) is 1.38. The molecule has 0 radical (unpaired) electrons. The smallest absolute Gasteiger partial charge is 0.161 e. The summed E-state index contributed by atoms with van der Waals surface area (Å²) in [6.45, 7) is 8.24. The lowest BCUT2D eigenvalue weighted by atomic mass is 9.49. The number of aliphatic hydroxyl groups is 1. The molecule has 0 aromatic carbocycles. The van der Waals surface area contributed by atoms with Crippen molar-refractivity contribution in [3.63, 3.8) is 0 Å². The number of carbonyl (C=O) groups excluding carboxylic acids is 2. The normalized spacial score (nSPS) is 48.8. The van der Waals surface area contributed by atoms with E-state index in [2.05, 4.69) is 26.8 Å². The van der Waals surface area contributed by atoms with Gasteiger partial charge in [0, 0.05) is 17.3 Å². The topological polar surface area (TPSA) is 54.4 Å². The van der Waals surface area contributed by atoms with Crippen molar-refractivity contribution in [1.29, 1.82) is 0 Å². The number of allylic oxidation sites excluding steroid dienone is 4. The molecule has 0 saturated heterocycles. The first kappa shape index (κ1) is 17.2. The summed E-state index contributed by atoms with van der Waals surface area (Å²) in [5, 5.41) is 11.2. The summed E-state index contributed by atoms with van der Waals surface area (Å²) in [5.41, 5.74) is 1.26. The van der Waals surface area contributed by atoms with E-state index in [1.54, 1.807) is 6.92 Å². The molecule has 0 spiro atoms. The van der Waals surface area contributed by atoms with Crippen LogP contribution in [0.15, 0.2) is 23.3 Å². The van der Waals surface area contributed by atoms with E-state index in [1.807, 2.05) is 6.08 Å². The van der Waals surface area contributed by atoms with Gasteiger partial charge >= 0.3 is 0 Å². The second kappa shape index (κ2) is 5.16. The Balaban J connectivity index is 1.81. The first-order chi connectivity index (χ1) is 11.6. The fraction of sp³-hybridized carbons (Fsp3) is 0.727. The molecule has 136 valence electrons. The molecule has 0 aromatic rings. The average Bonchev–Trinajstić information content (AvgIpc) is 2.83. The fourth-order valence-corrected chi connectivity index (χ4v) is 6.86. The molecule has 4 aliphatic carbocycles. The van der Waals surface area contributed by atoms with Crippen molar-refractivity contribution in [2.24, 2.45) is 28.6 Å². The third kappa shape index (κ3) is 2.02. The lowest BCUT2D eigenvalue weighted by molar-refractivity contribution is -0.150. The van der Waals surface area contributed by atoms with Gasteiger partial charge in [0.25, 0.3) is 0 Å². The summed E-state index contributed by atoms with van der Waals surface area (Å²) in [6, 6.07) is 0. The van der Waals surface area contributed by atoms with Crippen molar-refractivity contribution in [1.82, 2.24) is 0 Å². The number of ketones is 2. The summed E-state index contributed by atoms with van der Waals surface area (Å²) < 4.78 is 0. The number of fused-ring (bicyclic) bond motifs is 5. The maximum Gasteiger partial charge on any atom is 0.161 e. The number of rotatable bonds is 1. The van der Waals surface area contributed by atoms with Crippen LogP contribution in [0.25, 0.3) is 0 Å². The Bertz CT molecular complexity index is 717. The highest BCUT2D eigenvalue weighted by Gasteiger charge is 2.64. The molecule has 4 aliphatic rings. The van der Waals surface area contributed by atoms with E-state index >= 15 is 0 Å². The van der Waals surface area contributed by atoms with Gasteiger partial charge in [-0.1, -0.05) is 38.0 Å². The molecule has 6 atom stereocenters. The number of carbonyl (C=O) groups is 2. The van der Waals surface area contributed by atoms with Crippen LogP contribution >= 0.6 is 0 Å². The van der Waals surface area contributed by atoms with E-state index in [4.69, 9.17) is 0 Å². The van der Waals surface area contributed by atoms with Gasteiger partial charge in [0.05, 0.1) is 0 Å². The van der Waals surface area contributed by atoms with E-state index in [0.717, 1.165) is 25.7 Å². The minimum atomic E-state index is -1.18. The van der Waals surface area contributed by atoms with Gasteiger partial charge < -0.3 is 5.11 Å². The minimum Gasteiger partial charge on any atom is -0.381 e. The summed E-state index contributed by atoms with van der Waals surface area (Å²) in [4.78, 5) is 24.3. The molecule has 0 bridgehead atoms. The Morgan fingerprint density at radius 1 is 1.24 bits per heavy atom. The average molecular weight is 342 g/mol. The summed E-state index contributed by atoms with van der Waals surface area (Å²) in [6.07, 6.45) is 9.11. The molecule has 4 rings (SSSR count). The van der Waals surface area contributed by atoms with Gasteiger partial charge in [-0.3, -0.25) is 9.59 Å². The molecule has 2 saturated carbocycles. The SMILES string of the molecule is CC(=O)[C@@]1(O)CCC2C3C[C@H](C)C4=CC(=O)CCC4(C)C3=CCC21C. The van der Waals surface area contributed by atoms with Crippen molar-refractivity contribution in [3.8, 4) is 0 Å². The highest BCUT2D eigenvalue weighted by atomic mass is 16.3. The van der Waals surface area contributed by atoms with Gasteiger partial charge in [0.2, 0.25) is 0 Å². The molecule has 25 heavy (non-hydrogen) atoms. The van der Waals surface area contributed by atoms with Crippen LogP contribution in [0.4, 0.5) is 0 Å². The zero-order valence-electron chi connectivity index (χ0n) is 15.9. The van der Waals surface area contributed by atoms with E-state index in [-0.39, 0.29) is 22.4 Å². The van der Waals surface area contributed by atoms with Crippen LogP contribution in [-0.2, 0) is 9.59 Å². The van der Waals surface area contributed by atoms with E-state index < -0.39 is 5.60 Å². The van der Waals surface area contributed by atoms with E-state index in [9.17, 15) is 14.7 Å². The lowest BCUT2D eigenvalue weighted by Gasteiger charge is -2.56. The molecule has 4 unspecified atom stereocenters. The van der Waals surface area contributed by atoms with Crippen molar-refractivity contribution in [3.05, 3.63) is 23.3 Å². The zero-order valence-corrected chi connectivity index (χ0v) is 15.9. The predicted molar refractivity (Wildman–Crippen MR) is 96.9 cm³/mol. The van der Waals surface area contributed by atoms with Gasteiger partial charge in [-0.15, -0.1) is 0 Å². The summed E-state index contributed by atoms with van der Waals surface area (Å²) in [7, 11) is 0. The van der Waals surface area contributed by atoms with E-state index in [1.165, 1.54) is 11.1 Å². The number of Topliss-reactive ketones (excluding diaryl/α,β-unsaturated/α-hetero) is 1. The van der Waals surface area contributed by atoms with Crippen LogP contribution in [0.2, 0.25) is 0 Å². The van der Waals surface area contributed by atoms with E-state index in [0.29, 0.717) is 30.6 Å². The van der Waals surface area contributed by atoms with Crippen LogP contribution in [0.3, 0.4) is 0 Å². The Morgan fingerprint density at radius 2 is 1.96 bits per heavy atom.